The third-order valence-corrected chi connectivity index (χ3v) is 7.83. The van der Waals surface area contributed by atoms with Gasteiger partial charge in [0.25, 0.3) is 0 Å². The second-order valence-electron chi connectivity index (χ2n) is 9.71. The Morgan fingerprint density at radius 2 is 1.39 bits per heavy atom. The van der Waals surface area contributed by atoms with E-state index in [-0.39, 0.29) is 12.0 Å². The van der Waals surface area contributed by atoms with E-state index in [9.17, 15) is 13.2 Å². The molecule has 0 aromatic heterocycles. The SMILES string of the molecule is CCC1CCC(C2COC(C3CCC(c4ccc(OC(F)(F)F)cc4)CC3)OC2)CC1. The van der Waals surface area contributed by atoms with Crippen molar-refractivity contribution >= 4 is 0 Å². The Balaban J connectivity index is 1.20. The Morgan fingerprint density at radius 3 is 1.94 bits per heavy atom. The highest BCUT2D eigenvalue weighted by Gasteiger charge is 2.36. The summed E-state index contributed by atoms with van der Waals surface area (Å²) >= 11 is 0. The number of benzene rings is 1. The van der Waals surface area contributed by atoms with E-state index >= 15 is 0 Å². The molecule has 1 aliphatic heterocycles. The molecule has 0 radical (unpaired) electrons. The monoisotopic (exact) mass is 440 g/mol. The van der Waals surface area contributed by atoms with Gasteiger partial charge in [-0.2, -0.15) is 0 Å². The number of hydrogen-bond donors (Lipinski definition) is 0. The summed E-state index contributed by atoms with van der Waals surface area (Å²) in [5.74, 6) is 2.85. The summed E-state index contributed by atoms with van der Waals surface area (Å²) in [7, 11) is 0. The maximum atomic E-state index is 12.3. The van der Waals surface area contributed by atoms with Crippen molar-refractivity contribution in [3.05, 3.63) is 29.8 Å². The van der Waals surface area contributed by atoms with Crippen LogP contribution in [0.25, 0.3) is 0 Å². The number of ether oxygens (including phenoxy) is 3. The van der Waals surface area contributed by atoms with Gasteiger partial charge in [0.1, 0.15) is 5.75 Å². The van der Waals surface area contributed by atoms with E-state index in [1.54, 1.807) is 12.1 Å². The Labute approximate surface area is 183 Å². The van der Waals surface area contributed by atoms with Gasteiger partial charge in [0.15, 0.2) is 6.29 Å². The lowest BCUT2D eigenvalue weighted by Crippen LogP contribution is -2.41. The van der Waals surface area contributed by atoms with Crippen LogP contribution in [0.4, 0.5) is 13.2 Å². The zero-order valence-electron chi connectivity index (χ0n) is 18.4. The van der Waals surface area contributed by atoms with Gasteiger partial charge in [0.2, 0.25) is 0 Å². The van der Waals surface area contributed by atoms with Crippen molar-refractivity contribution in [1.29, 1.82) is 0 Å². The third-order valence-electron chi connectivity index (χ3n) is 7.83. The molecule has 1 aromatic carbocycles. The highest BCUT2D eigenvalue weighted by Crippen LogP contribution is 2.41. The normalized spacial score (nSPS) is 35.0. The molecule has 174 valence electrons. The van der Waals surface area contributed by atoms with E-state index in [4.69, 9.17) is 9.47 Å². The first-order valence-corrected chi connectivity index (χ1v) is 12.0. The first-order valence-electron chi connectivity index (χ1n) is 12.0. The second kappa shape index (κ2) is 10.1. The van der Waals surface area contributed by atoms with Crippen LogP contribution in [0.2, 0.25) is 0 Å². The molecule has 6 heteroatoms. The maximum Gasteiger partial charge on any atom is 0.573 e. The first kappa shape index (κ1) is 22.9. The van der Waals surface area contributed by atoms with E-state index in [1.165, 1.54) is 44.2 Å². The molecule has 0 N–H and O–H groups in total. The van der Waals surface area contributed by atoms with Gasteiger partial charge in [0, 0.05) is 11.8 Å². The zero-order chi connectivity index (χ0) is 21.8. The summed E-state index contributed by atoms with van der Waals surface area (Å²) in [6, 6.07) is 6.35. The first-order chi connectivity index (χ1) is 14.9. The fraction of sp³-hybridized carbons (Fsp3) is 0.760. The van der Waals surface area contributed by atoms with Crippen LogP contribution in [0, 0.1) is 23.7 Å². The minimum Gasteiger partial charge on any atom is -0.406 e. The van der Waals surface area contributed by atoms with Crippen molar-refractivity contribution < 1.29 is 27.4 Å². The molecule has 2 saturated carbocycles. The van der Waals surface area contributed by atoms with Gasteiger partial charge < -0.3 is 14.2 Å². The molecule has 2 aliphatic carbocycles. The van der Waals surface area contributed by atoms with Gasteiger partial charge in [0.05, 0.1) is 13.2 Å². The predicted octanol–water partition coefficient (Wildman–Crippen LogP) is 7.06. The number of hydrogen-bond acceptors (Lipinski definition) is 3. The van der Waals surface area contributed by atoms with Crippen LogP contribution in [0.5, 0.6) is 5.75 Å². The van der Waals surface area contributed by atoms with Crippen LogP contribution >= 0.6 is 0 Å². The van der Waals surface area contributed by atoms with Crippen LogP contribution in [0.1, 0.15) is 76.2 Å². The summed E-state index contributed by atoms with van der Waals surface area (Å²) in [4.78, 5) is 0. The van der Waals surface area contributed by atoms with Gasteiger partial charge >= 0.3 is 6.36 Å². The Kier molecular flexibility index (Phi) is 7.48. The van der Waals surface area contributed by atoms with Crippen LogP contribution < -0.4 is 4.74 Å². The number of halogens is 3. The van der Waals surface area contributed by atoms with Gasteiger partial charge in [-0.05, 0) is 74.0 Å². The Hall–Kier alpha value is -1.27. The zero-order valence-corrected chi connectivity index (χ0v) is 18.4. The van der Waals surface area contributed by atoms with E-state index < -0.39 is 6.36 Å². The van der Waals surface area contributed by atoms with Crippen LogP contribution in [-0.4, -0.2) is 25.9 Å². The van der Waals surface area contributed by atoms with E-state index in [0.29, 0.717) is 17.8 Å². The smallest absolute Gasteiger partial charge is 0.406 e. The van der Waals surface area contributed by atoms with Crippen molar-refractivity contribution in [2.24, 2.45) is 23.7 Å². The summed E-state index contributed by atoms with van der Waals surface area (Å²) in [6.45, 7) is 3.95. The molecule has 1 heterocycles. The molecule has 3 aliphatic rings. The van der Waals surface area contributed by atoms with Crippen molar-refractivity contribution in [2.45, 2.75) is 83.3 Å². The lowest BCUT2D eigenvalue weighted by Gasteiger charge is -2.41. The molecule has 3 fully saturated rings. The van der Waals surface area contributed by atoms with Gasteiger partial charge in [-0.25, -0.2) is 0 Å². The summed E-state index contributed by atoms with van der Waals surface area (Å²) in [6.07, 6.45) is 6.00. The second-order valence-corrected chi connectivity index (χ2v) is 9.71. The van der Waals surface area contributed by atoms with Gasteiger partial charge in [-0.15, -0.1) is 13.2 Å². The highest BCUT2D eigenvalue weighted by atomic mass is 19.4. The molecule has 0 amide bonds. The molecule has 1 aromatic rings. The topological polar surface area (TPSA) is 27.7 Å². The van der Waals surface area contributed by atoms with Crippen LogP contribution in [-0.2, 0) is 9.47 Å². The standard InChI is InChI=1S/C25H35F3O3/c1-2-17-3-5-20(6-4-17)22-15-29-24(30-16-22)21-9-7-18(8-10-21)19-11-13-23(14-12-19)31-25(26,27)28/h11-14,17-18,20-22,24H,2-10,15-16H2,1H3. The molecule has 1 saturated heterocycles. The lowest BCUT2D eigenvalue weighted by atomic mass is 9.75. The van der Waals surface area contributed by atoms with E-state index in [2.05, 4.69) is 11.7 Å². The average Bonchev–Trinajstić information content (AvgIpc) is 2.79. The summed E-state index contributed by atoms with van der Waals surface area (Å²) < 4.78 is 53.4. The molecular weight excluding hydrogens is 405 g/mol. The molecule has 31 heavy (non-hydrogen) atoms. The molecule has 4 rings (SSSR count). The summed E-state index contributed by atoms with van der Waals surface area (Å²) in [5, 5.41) is 0. The highest BCUT2D eigenvalue weighted by molar-refractivity contribution is 5.29. The van der Waals surface area contributed by atoms with Crippen molar-refractivity contribution in [1.82, 2.24) is 0 Å². The lowest BCUT2D eigenvalue weighted by molar-refractivity contribution is -0.274. The van der Waals surface area contributed by atoms with Crippen molar-refractivity contribution in [3.63, 3.8) is 0 Å². The fourth-order valence-electron chi connectivity index (χ4n) is 5.81. The summed E-state index contributed by atoms with van der Waals surface area (Å²) in [5.41, 5.74) is 1.08. The van der Waals surface area contributed by atoms with Crippen LogP contribution in [0.3, 0.4) is 0 Å². The van der Waals surface area contributed by atoms with Crippen molar-refractivity contribution in [2.75, 3.05) is 13.2 Å². The molecular formula is C25H35F3O3. The van der Waals surface area contributed by atoms with Crippen molar-refractivity contribution in [3.8, 4) is 5.75 Å². The van der Waals surface area contributed by atoms with Gasteiger partial charge in [-0.3, -0.25) is 0 Å². The van der Waals surface area contributed by atoms with E-state index in [0.717, 1.165) is 56.3 Å². The fourth-order valence-corrected chi connectivity index (χ4v) is 5.81. The molecule has 0 bridgehead atoms. The Morgan fingerprint density at radius 1 is 0.806 bits per heavy atom. The largest absolute Gasteiger partial charge is 0.573 e. The third kappa shape index (κ3) is 6.16. The average molecular weight is 441 g/mol. The predicted molar refractivity (Wildman–Crippen MR) is 113 cm³/mol. The van der Waals surface area contributed by atoms with E-state index in [1.807, 2.05) is 0 Å². The maximum absolute atomic E-state index is 12.3. The van der Waals surface area contributed by atoms with Crippen LogP contribution in [0.15, 0.2) is 24.3 Å². The minimum atomic E-state index is -4.65. The molecule has 0 unspecified atom stereocenters. The number of rotatable bonds is 5. The quantitative estimate of drug-likeness (QED) is 0.490. The number of alkyl halides is 3. The Bertz CT molecular complexity index is 666. The minimum absolute atomic E-state index is 0.0910. The molecule has 0 atom stereocenters. The molecule has 0 spiro atoms. The van der Waals surface area contributed by atoms with Gasteiger partial charge in [-0.1, -0.05) is 38.3 Å². The molecule has 3 nitrogen and oxygen atoms in total.